The lowest BCUT2D eigenvalue weighted by molar-refractivity contribution is -0.384. The number of non-ortho nitro benzene ring substituents is 1. The van der Waals surface area contributed by atoms with Gasteiger partial charge in [0.25, 0.3) is 5.69 Å². The monoisotopic (exact) mass is 231 g/mol. The third-order valence-electron chi connectivity index (χ3n) is 2.44. The summed E-state index contributed by atoms with van der Waals surface area (Å²) in [6.07, 6.45) is 1.03. The molecule has 1 N–H and O–H groups in total. The fourth-order valence-electron chi connectivity index (χ4n) is 1.58. The number of fused-ring (bicyclic) bond motifs is 1. The molecule has 5 heteroatoms. The fraction of sp³-hybridized carbons (Fsp3) is 0.250. The average molecular weight is 231 g/mol. The SMILES string of the molecule is CCCNc1ccc2cc([N+](=O)[O-])ccc2n1. The zero-order chi connectivity index (χ0) is 12.3. The van der Waals surface area contributed by atoms with Gasteiger partial charge in [0.2, 0.25) is 0 Å². The summed E-state index contributed by atoms with van der Waals surface area (Å²) in [4.78, 5) is 14.6. The Balaban J connectivity index is 2.36. The van der Waals surface area contributed by atoms with Crippen molar-refractivity contribution in [2.75, 3.05) is 11.9 Å². The maximum atomic E-state index is 10.6. The van der Waals surface area contributed by atoms with Crippen LogP contribution in [0.1, 0.15) is 13.3 Å². The first-order valence-corrected chi connectivity index (χ1v) is 5.50. The molecular weight excluding hydrogens is 218 g/mol. The van der Waals surface area contributed by atoms with Gasteiger partial charge in [-0.2, -0.15) is 0 Å². The lowest BCUT2D eigenvalue weighted by atomic mass is 10.2. The van der Waals surface area contributed by atoms with Crippen LogP contribution < -0.4 is 5.32 Å². The highest BCUT2D eigenvalue weighted by Crippen LogP contribution is 2.20. The summed E-state index contributed by atoms with van der Waals surface area (Å²) < 4.78 is 0. The summed E-state index contributed by atoms with van der Waals surface area (Å²) in [7, 11) is 0. The Morgan fingerprint density at radius 1 is 1.35 bits per heavy atom. The summed E-state index contributed by atoms with van der Waals surface area (Å²) in [5, 5.41) is 14.6. The van der Waals surface area contributed by atoms with Crippen molar-refractivity contribution < 1.29 is 4.92 Å². The van der Waals surface area contributed by atoms with Crippen LogP contribution in [0.25, 0.3) is 10.9 Å². The third kappa shape index (κ3) is 2.50. The minimum absolute atomic E-state index is 0.0913. The van der Waals surface area contributed by atoms with Crippen molar-refractivity contribution in [1.82, 2.24) is 4.98 Å². The number of nitro groups is 1. The lowest BCUT2D eigenvalue weighted by Gasteiger charge is -2.04. The Morgan fingerprint density at radius 3 is 2.88 bits per heavy atom. The van der Waals surface area contributed by atoms with Crippen LogP contribution in [0.5, 0.6) is 0 Å². The van der Waals surface area contributed by atoms with Crippen molar-refractivity contribution in [1.29, 1.82) is 0 Å². The number of nitrogens with zero attached hydrogens (tertiary/aromatic N) is 2. The van der Waals surface area contributed by atoms with E-state index < -0.39 is 4.92 Å². The van der Waals surface area contributed by atoms with E-state index in [0.717, 1.165) is 29.7 Å². The number of anilines is 1. The Morgan fingerprint density at radius 2 is 2.18 bits per heavy atom. The number of hydrogen-bond acceptors (Lipinski definition) is 4. The maximum Gasteiger partial charge on any atom is 0.270 e. The van der Waals surface area contributed by atoms with Crippen LogP contribution >= 0.6 is 0 Å². The number of aromatic nitrogens is 1. The molecule has 1 aromatic heterocycles. The van der Waals surface area contributed by atoms with Crippen molar-refractivity contribution in [3.63, 3.8) is 0 Å². The predicted octanol–water partition coefficient (Wildman–Crippen LogP) is 2.96. The predicted molar refractivity (Wildman–Crippen MR) is 67.2 cm³/mol. The second-order valence-corrected chi connectivity index (χ2v) is 3.76. The molecular formula is C12H13N3O2. The second-order valence-electron chi connectivity index (χ2n) is 3.76. The number of nitrogens with one attached hydrogen (secondary N) is 1. The largest absolute Gasteiger partial charge is 0.370 e. The van der Waals surface area contributed by atoms with Crippen LogP contribution in [0.2, 0.25) is 0 Å². The van der Waals surface area contributed by atoms with Gasteiger partial charge in [-0.25, -0.2) is 4.98 Å². The number of pyridine rings is 1. The average Bonchev–Trinajstić information content (AvgIpc) is 2.35. The lowest BCUT2D eigenvalue weighted by Crippen LogP contribution is -2.01. The zero-order valence-electron chi connectivity index (χ0n) is 9.51. The van der Waals surface area contributed by atoms with Gasteiger partial charge in [0.15, 0.2) is 0 Å². The third-order valence-corrected chi connectivity index (χ3v) is 2.44. The summed E-state index contributed by atoms with van der Waals surface area (Å²) in [5.74, 6) is 0.799. The van der Waals surface area contributed by atoms with E-state index >= 15 is 0 Å². The first kappa shape index (κ1) is 11.3. The van der Waals surface area contributed by atoms with Gasteiger partial charge >= 0.3 is 0 Å². The van der Waals surface area contributed by atoms with Crippen LogP contribution in [0, 0.1) is 10.1 Å². The number of nitro benzene ring substituents is 1. The Kier molecular flexibility index (Phi) is 3.18. The smallest absolute Gasteiger partial charge is 0.270 e. The molecule has 1 heterocycles. The topological polar surface area (TPSA) is 68.1 Å². The van der Waals surface area contributed by atoms with Gasteiger partial charge < -0.3 is 5.32 Å². The number of benzene rings is 1. The zero-order valence-corrected chi connectivity index (χ0v) is 9.51. The van der Waals surface area contributed by atoms with Gasteiger partial charge in [-0.1, -0.05) is 6.92 Å². The molecule has 0 aliphatic carbocycles. The van der Waals surface area contributed by atoms with E-state index in [-0.39, 0.29) is 5.69 Å². The highest BCUT2D eigenvalue weighted by Gasteiger charge is 2.06. The Hall–Kier alpha value is -2.17. The van der Waals surface area contributed by atoms with Gasteiger partial charge in [-0.3, -0.25) is 10.1 Å². The minimum atomic E-state index is -0.400. The van der Waals surface area contributed by atoms with Crippen molar-refractivity contribution in [2.24, 2.45) is 0 Å². The van der Waals surface area contributed by atoms with Crippen LogP contribution in [-0.2, 0) is 0 Å². The molecule has 0 saturated heterocycles. The van der Waals surface area contributed by atoms with E-state index in [0.29, 0.717) is 0 Å². The first-order valence-electron chi connectivity index (χ1n) is 5.50. The van der Waals surface area contributed by atoms with E-state index in [1.807, 2.05) is 12.1 Å². The molecule has 0 atom stereocenters. The molecule has 0 bridgehead atoms. The van der Waals surface area contributed by atoms with E-state index in [1.54, 1.807) is 6.07 Å². The van der Waals surface area contributed by atoms with Gasteiger partial charge in [-0.15, -0.1) is 0 Å². The highest BCUT2D eigenvalue weighted by molar-refractivity contribution is 5.82. The molecule has 5 nitrogen and oxygen atoms in total. The van der Waals surface area contributed by atoms with E-state index in [2.05, 4.69) is 17.2 Å². The van der Waals surface area contributed by atoms with Crippen molar-refractivity contribution in [2.45, 2.75) is 13.3 Å². The summed E-state index contributed by atoms with van der Waals surface area (Å²) in [6, 6.07) is 8.35. The summed E-state index contributed by atoms with van der Waals surface area (Å²) >= 11 is 0. The van der Waals surface area contributed by atoms with Crippen LogP contribution in [-0.4, -0.2) is 16.5 Å². The van der Waals surface area contributed by atoms with E-state index in [1.165, 1.54) is 12.1 Å². The van der Waals surface area contributed by atoms with E-state index in [9.17, 15) is 10.1 Å². The quantitative estimate of drug-likeness (QED) is 0.648. The molecule has 0 aliphatic heterocycles. The molecule has 2 aromatic rings. The molecule has 0 aliphatic rings. The van der Waals surface area contributed by atoms with Gasteiger partial charge in [0.05, 0.1) is 10.4 Å². The molecule has 0 amide bonds. The van der Waals surface area contributed by atoms with Gasteiger partial charge in [0, 0.05) is 24.1 Å². The molecule has 0 spiro atoms. The van der Waals surface area contributed by atoms with Crippen molar-refractivity contribution in [3.05, 3.63) is 40.4 Å². The Labute approximate surface area is 98.6 Å². The second kappa shape index (κ2) is 4.78. The van der Waals surface area contributed by atoms with E-state index in [4.69, 9.17) is 0 Å². The summed E-state index contributed by atoms with van der Waals surface area (Å²) in [5.41, 5.74) is 0.852. The Bertz CT molecular complexity index is 554. The number of hydrogen-bond donors (Lipinski definition) is 1. The normalized spacial score (nSPS) is 10.4. The molecule has 0 radical (unpaired) electrons. The van der Waals surface area contributed by atoms with Crippen molar-refractivity contribution >= 4 is 22.4 Å². The van der Waals surface area contributed by atoms with Crippen LogP contribution in [0.4, 0.5) is 11.5 Å². The van der Waals surface area contributed by atoms with Gasteiger partial charge in [-0.05, 0) is 24.6 Å². The highest BCUT2D eigenvalue weighted by atomic mass is 16.6. The van der Waals surface area contributed by atoms with Crippen molar-refractivity contribution in [3.8, 4) is 0 Å². The minimum Gasteiger partial charge on any atom is -0.370 e. The molecule has 88 valence electrons. The fourth-order valence-corrected chi connectivity index (χ4v) is 1.58. The number of rotatable bonds is 4. The molecule has 17 heavy (non-hydrogen) atoms. The molecule has 0 unspecified atom stereocenters. The van der Waals surface area contributed by atoms with Gasteiger partial charge in [0.1, 0.15) is 5.82 Å². The maximum absolute atomic E-state index is 10.6. The van der Waals surface area contributed by atoms with Crippen LogP contribution in [0.3, 0.4) is 0 Å². The van der Waals surface area contributed by atoms with Crippen LogP contribution in [0.15, 0.2) is 30.3 Å². The molecule has 0 saturated carbocycles. The molecule has 0 fully saturated rings. The summed E-state index contributed by atoms with van der Waals surface area (Å²) in [6.45, 7) is 2.95. The first-order chi connectivity index (χ1) is 8.20. The molecule has 1 aromatic carbocycles. The standard InChI is InChI=1S/C12H13N3O2/c1-2-7-13-12-6-3-9-8-10(15(16)17)4-5-11(9)14-12/h3-6,8H,2,7H2,1H3,(H,13,14). The molecule has 2 rings (SSSR count).